The van der Waals surface area contributed by atoms with Gasteiger partial charge in [0.15, 0.2) is 0 Å². The number of piperidine rings is 1. The topological polar surface area (TPSA) is 28.4 Å². The molecule has 3 nitrogen and oxygen atoms in total. The van der Waals surface area contributed by atoms with Crippen molar-refractivity contribution in [3.8, 4) is 0 Å². The summed E-state index contributed by atoms with van der Waals surface area (Å²) in [5.74, 6) is 1.10. The minimum absolute atomic E-state index is 0.281. The Morgan fingerprint density at radius 1 is 1.40 bits per heavy atom. The van der Waals surface area contributed by atoms with Gasteiger partial charge in [-0.1, -0.05) is 0 Å². The summed E-state index contributed by atoms with van der Waals surface area (Å²) < 4.78 is 5.46. The molecule has 0 aromatic carbocycles. The summed E-state index contributed by atoms with van der Waals surface area (Å²) >= 11 is 0. The second kappa shape index (κ2) is 4.37. The molecule has 15 heavy (non-hydrogen) atoms. The average Bonchev–Trinajstić information content (AvgIpc) is 2.71. The molecule has 0 bridgehead atoms. The van der Waals surface area contributed by atoms with Crippen molar-refractivity contribution in [3.05, 3.63) is 24.2 Å². The summed E-state index contributed by atoms with van der Waals surface area (Å²) in [6.45, 7) is 2.22. The van der Waals surface area contributed by atoms with Crippen molar-refractivity contribution in [1.29, 1.82) is 0 Å². The van der Waals surface area contributed by atoms with Crippen LogP contribution < -0.4 is 5.32 Å². The molecule has 0 atom stereocenters. The maximum Gasteiger partial charge on any atom is 0.105 e. The Morgan fingerprint density at radius 3 is 2.67 bits per heavy atom. The van der Waals surface area contributed by atoms with Crippen LogP contribution in [-0.2, 0) is 6.42 Å². The molecule has 0 saturated carbocycles. The lowest BCUT2D eigenvalue weighted by atomic mass is 9.83. The standard InChI is InChI=1S/C12H20N2O/c1-14(2)12(5-7-13-8-6-12)10-11-4-3-9-15-11/h3-4,9,13H,5-8,10H2,1-2H3. The van der Waals surface area contributed by atoms with Gasteiger partial charge in [-0.15, -0.1) is 0 Å². The van der Waals surface area contributed by atoms with E-state index in [1.54, 1.807) is 6.26 Å². The highest BCUT2D eigenvalue weighted by molar-refractivity contribution is 5.06. The van der Waals surface area contributed by atoms with Crippen LogP contribution in [0.3, 0.4) is 0 Å². The number of furan rings is 1. The third-order valence-corrected chi connectivity index (χ3v) is 3.57. The van der Waals surface area contributed by atoms with Crippen molar-refractivity contribution in [2.45, 2.75) is 24.8 Å². The van der Waals surface area contributed by atoms with Crippen LogP contribution in [0.1, 0.15) is 18.6 Å². The SMILES string of the molecule is CN(C)C1(Cc2ccco2)CCNCC1. The zero-order chi connectivity index (χ0) is 10.7. The van der Waals surface area contributed by atoms with E-state index in [0.717, 1.165) is 25.3 Å². The molecule has 84 valence electrons. The highest BCUT2D eigenvalue weighted by Gasteiger charge is 2.34. The molecule has 1 saturated heterocycles. The first-order chi connectivity index (χ1) is 7.23. The summed E-state index contributed by atoms with van der Waals surface area (Å²) in [7, 11) is 4.35. The minimum atomic E-state index is 0.281. The molecule has 0 spiro atoms. The number of hydrogen-bond acceptors (Lipinski definition) is 3. The zero-order valence-electron chi connectivity index (χ0n) is 9.62. The smallest absolute Gasteiger partial charge is 0.105 e. The van der Waals surface area contributed by atoms with Gasteiger partial charge in [-0.05, 0) is 52.2 Å². The molecule has 0 unspecified atom stereocenters. The number of hydrogen-bond donors (Lipinski definition) is 1. The summed E-state index contributed by atoms with van der Waals surface area (Å²) in [4.78, 5) is 2.36. The van der Waals surface area contributed by atoms with Crippen molar-refractivity contribution in [2.24, 2.45) is 0 Å². The average molecular weight is 208 g/mol. The fourth-order valence-corrected chi connectivity index (χ4v) is 2.41. The lowest BCUT2D eigenvalue weighted by molar-refractivity contribution is 0.102. The fraction of sp³-hybridized carbons (Fsp3) is 0.667. The Kier molecular flexibility index (Phi) is 3.12. The molecule has 1 aliphatic heterocycles. The van der Waals surface area contributed by atoms with Crippen molar-refractivity contribution in [2.75, 3.05) is 27.2 Å². The van der Waals surface area contributed by atoms with Gasteiger partial charge >= 0.3 is 0 Å². The van der Waals surface area contributed by atoms with Gasteiger partial charge in [-0.2, -0.15) is 0 Å². The summed E-state index contributed by atoms with van der Waals surface area (Å²) in [5, 5.41) is 3.42. The molecule has 1 aromatic rings. The van der Waals surface area contributed by atoms with E-state index < -0.39 is 0 Å². The number of rotatable bonds is 3. The number of likely N-dealkylation sites (N-methyl/N-ethyl adjacent to an activating group) is 1. The highest BCUT2D eigenvalue weighted by Crippen LogP contribution is 2.28. The Balaban J connectivity index is 2.11. The van der Waals surface area contributed by atoms with Crippen LogP contribution in [-0.4, -0.2) is 37.6 Å². The first kappa shape index (κ1) is 10.7. The summed E-state index contributed by atoms with van der Waals surface area (Å²) in [6.07, 6.45) is 5.18. The largest absolute Gasteiger partial charge is 0.469 e. The maximum atomic E-state index is 5.46. The van der Waals surface area contributed by atoms with E-state index in [4.69, 9.17) is 4.42 Å². The van der Waals surface area contributed by atoms with E-state index in [-0.39, 0.29) is 5.54 Å². The second-order valence-corrected chi connectivity index (χ2v) is 4.62. The van der Waals surface area contributed by atoms with Crippen LogP contribution in [0.4, 0.5) is 0 Å². The highest BCUT2D eigenvalue weighted by atomic mass is 16.3. The normalized spacial score (nSPS) is 20.7. The van der Waals surface area contributed by atoms with Gasteiger partial charge in [0.2, 0.25) is 0 Å². The predicted molar refractivity (Wildman–Crippen MR) is 60.9 cm³/mol. The monoisotopic (exact) mass is 208 g/mol. The molecule has 2 heterocycles. The Morgan fingerprint density at radius 2 is 2.13 bits per heavy atom. The minimum Gasteiger partial charge on any atom is -0.469 e. The molecule has 1 N–H and O–H groups in total. The molecule has 0 amide bonds. The number of nitrogens with zero attached hydrogens (tertiary/aromatic N) is 1. The van der Waals surface area contributed by atoms with Crippen LogP contribution in [0.25, 0.3) is 0 Å². The van der Waals surface area contributed by atoms with Gasteiger partial charge in [0.25, 0.3) is 0 Å². The summed E-state index contributed by atoms with van der Waals surface area (Å²) in [5.41, 5.74) is 0.281. The third kappa shape index (κ3) is 2.24. The van der Waals surface area contributed by atoms with Gasteiger partial charge in [0.05, 0.1) is 6.26 Å². The van der Waals surface area contributed by atoms with E-state index in [1.165, 1.54) is 12.8 Å². The lowest BCUT2D eigenvalue weighted by Gasteiger charge is -2.42. The van der Waals surface area contributed by atoms with E-state index >= 15 is 0 Å². The second-order valence-electron chi connectivity index (χ2n) is 4.62. The van der Waals surface area contributed by atoms with Crippen LogP contribution in [0.2, 0.25) is 0 Å². The van der Waals surface area contributed by atoms with Gasteiger partial charge in [0, 0.05) is 12.0 Å². The summed E-state index contributed by atoms with van der Waals surface area (Å²) in [6, 6.07) is 4.05. The molecule has 2 rings (SSSR count). The van der Waals surface area contributed by atoms with E-state index in [1.807, 2.05) is 6.07 Å². The fourth-order valence-electron chi connectivity index (χ4n) is 2.41. The first-order valence-corrected chi connectivity index (χ1v) is 5.63. The van der Waals surface area contributed by atoms with Crippen molar-refractivity contribution < 1.29 is 4.42 Å². The molecule has 3 heteroatoms. The quantitative estimate of drug-likeness (QED) is 0.816. The van der Waals surface area contributed by atoms with Gasteiger partial charge in [-0.3, -0.25) is 0 Å². The molecule has 0 radical (unpaired) electrons. The van der Waals surface area contributed by atoms with Gasteiger partial charge < -0.3 is 14.6 Å². The lowest BCUT2D eigenvalue weighted by Crippen LogP contribution is -2.52. The molecular formula is C12H20N2O. The third-order valence-electron chi connectivity index (χ3n) is 3.57. The Labute approximate surface area is 91.4 Å². The van der Waals surface area contributed by atoms with Crippen LogP contribution in [0, 0.1) is 0 Å². The van der Waals surface area contributed by atoms with Gasteiger partial charge in [0.1, 0.15) is 5.76 Å². The van der Waals surface area contributed by atoms with E-state index in [9.17, 15) is 0 Å². The molecule has 1 fully saturated rings. The van der Waals surface area contributed by atoms with Crippen molar-refractivity contribution >= 4 is 0 Å². The predicted octanol–water partition coefficient (Wildman–Crippen LogP) is 1.51. The Bertz CT molecular complexity index is 287. The van der Waals surface area contributed by atoms with E-state index in [0.29, 0.717) is 0 Å². The van der Waals surface area contributed by atoms with Crippen LogP contribution in [0.15, 0.2) is 22.8 Å². The first-order valence-electron chi connectivity index (χ1n) is 5.63. The molecular weight excluding hydrogens is 188 g/mol. The number of nitrogens with one attached hydrogen (secondary N) is 1. The molecule has 0 aliphatic carbocycles. The van der Waals surface area contributed by atoms with E-state index in [2.05, 4.69) is 30.4 Å². The molecule has 1 aliphatic rings. The van der Waals surface area contributed by atoms with Crippen molar-refractivity contribution in [1.82, 2.24) is 10.2 Å². The zero-order valence-corrected chi connectivity index (χ0v) is 9.62. The molecule has 1 aromatic heterocycles. The van der Waals surface area contributed by atoms with Gasteiger partial charge in [-0.25, -0.2) is 0 Å². The van der Waals surface area contributed by atoms with Crippen LogP contribution >= 0.6 is 0 Å². The Hall–Kier alpha value is -0.800. The maximum absolute atomic E-state index is 5.46. The van der Waals surface area contributed by atoms with Crippen LogP contribution in [0.5, 0.6) is 0 Å². The van der Waals surface area contributed by atoms with Crippen molar-refractivity contribution in [3.63, 3.8) is 0 Å².